The molecule has 20 heavy (non-hydrogen) atoms. The number of rotatable bonds is 2. The summed E-state index contributed by atoms with van der Waals surface area (Å²) in [6.45, 7) is -0.413. The van der Waals surface area contributed by atoms with Crippen molar-refractivity contribution in [2.24, 2.45) is 5.73 Å². The summed E-state index contributed by atoms with van der Waals surface area (Å²) in [7, 11) is 0. The Hall–Kier alpha value is -0.960. The van der Waals surface area contributed by atoms with Crippen LogP contribution in [-0.2, 0) is 9.59 Å². The Morgan fingerprint density at radius 2 is 2.10 bits per heavy atom. The summed E-state index contributed by atoms with van der Waals surface area (Å²) < 4.78 is 38.8. The molecule has 2 rings (SSSR count). The van der Waals surface area contributed by atoms with Gasteiger partial charge in [0.05, 0.1) is 11.6 Å². The van der Waals surface area contributed by atoms with Gasteiger partial charge in [-0.2, -0.15) is 13.2 Å². The van der Waals surface area contributed by atoms with Gasteiger partial charge in [0.15, 0.2) is 0 Å². The molecule has 0 unspecified atom stereocenters. The number of alkyl halides is 3. The number of carbonyl (C=O) groups is 2. The standard InChI is InChI=1S/C11H16F3N3O2S/c12-11(13,14)8-2-1-7(15)3-17(8)9(18)4-16-6-20-5-10(16)19/h7-8H,1-6,15H2/t7-,8+/m1/s1. The van der Waals surface area contributed by atoms with Gasteiger partial charge >= 0.3 is 6.18 Å². The third kappa shape index (κ3) is 3.38. The minimum absolute atomic E-state index is 0.113. The smallest absolute Gasteiger partial charge is 0.327 e. The Morgan fingerprint density at radius 1 is 1.40 bits per heavy atom. The number of nitrogens with zero attached hydrogens (tertiary/aromatic N) is 2. The maximum absolute atomic E-state index is 12.9. The first kappa shape index (κ1) is 15.4. The molecule has 2 amide bonds. The molecule has 0 radical (unpaired) electrons. The van der Waals surface area contributed by atoms with Crippen LogP contribution in [-0.4, -0.2) is 64.6 Å². The van der Waals surface area contributed by atoms with E-state index in [1.807, 2.05) is 0 Å². The minimum atomic E-state index is -4.46. The van der Waals surface area contributed by atoms with Gasteiger partial charge in [-0.3, -0.25) is 9.59 Å². The van der Waals surface area contributed by atoms with E-state index in [1.54, 1.807) is 0 Å². The summed E-state index contributed by atoms with van der Waals surface area (Å²) in [6, 6.07) is -2.23. The van der Waals surface area contributed by atoms with E-state index in [4.69, 9.17) is 5.73 Å². The Labute approximate surface area is 118 Å². The molecule has 2 N–H and O–H groups in total. The van der Waals surface area contributed by atoms with Gasteiger partial charge in [-0.15, -0.1) is 11.8 Å². The van der Waals surface area contributed by atoms with Gasteiger partial charge in [0.1, 0.15) is 12.6 Å². The summed E-state index contributed by atoms with van der Waals surface area (Å²) >= 11 is 1.34. The van der Waals surface area contributed by atoms with E-state index in [-0.39, 0.29) is 37.6 Å². The molecule has 0 aromatic carbocycles. The zero-order valence-corrected chi connectivity index (χ0v) is 11.5. The van der Waals surface area contributed by atoms with Crippen LogP contribution in [0.25, 0.3) is 0 Å². The zero-order valence-electron chi connectivity index (χ0n) is 10.7. The lowest BCUT2D eigenvalue weighted by Gasteiger charge is -2.39. The number of amides is 2. The second kappa shape index (κ2) is 5.80. The van der Waals surface area contributed by atoms with Gasteiger partial charge in [0, 0.05) is 12.6 Å². The van der Waals surface area contributed by atoms with Crippen LogP contribution in [0.1, 0.15) is 12.8 Å². The SMILES string of the molecule is N[C@@H]1CC[C@@H](C(F)(F)F)N(C(=O)CN2CSCC2=O)C1. The minimum Gasteiger partial charge on any atom is -0.327 e. The second-order valence-corrected chi connectivity index (χ2v) is 5.97. The number of piperidine rings is 1. The van der Waals surface area contributed by atoms with Gasteiger partial charge in [-0.1, -0.05) is 0 Å². The zero-order chi connectivity index (χ0) is 14.9. The lowest BCUT2D eigenvalue weighted by atomic mass is 9.98. The van der Waals surface area contributed by atoms with E-state index in [2.05, 4.69) is 0 Å². The Kier molecular flexibility index (Phi) is 4.48. The molecule has 0 saturated carbocycles. The highest BCUT2D eigenvalue weighted by atomic mass is 32.2. The predicted molar refractivity (Wildman–Crippen MR) is 67.8 cm³/mol. The second-order valence-electron chi connectivity index (χ2n) is 5.01. The van der Waals surface area contributed by atoms with Crippen LogP contribution in [0.4, 0.5) is 13.2 Å². The molecule has 5 nitrogen and oxygen atoms in total. The highest BCUT2D eigenvalue weighted by molar-refractivity contribution is 8.00. The molecule has 0 bridgehead atoms. The third-order valence-corrected chi connectivity index (χ3v) is 4.41. The molecule has 2 aliphatic rings. The predicted octanol–water partition coefficient (Wildman–Crippen LogP) is 0.400. The van der Waals surface area contributed by atoms with Crippen molar-refractivity contribution < 1.29 is 22.8 Å². The van der Waals surface area contributed by atoms with Crippen molar-refractivity contribution >= 4 is 23.6 Å². The number of hydrogen-bond donors (Lipinski definition) is 1. The quantitative estimate of drug-likeness (QED) is 0.802. The van der Waals surface area contributed by atoms with E-state index < -0.39 is 24.2 Å². The fourth-order valence-corrected chi connectivity index (χ4v) is 3.31. The lowest BCUT2D eigenvalue weighted by molar-refractivity contribution is -0.197. The van der Waals surface area contributed by atoms with Crippen LogP contribution >= 0.6 is 11.8 Å². The normalized spacial score (nSPS) is 28.1. The fraction of sp³-hybridized carbons (Fsp3) is 0.818. The van der Waals surface area contributed by atoms with Crippen molar-refractivity contribution in [1.29, 1.82) is 0 Å². The van der Waals surface area contributed by atoms with Gasteiger partial charge in [0.2, 0.25) is 11.8 Å². The van der Waals surface area contributed by atoms with Crippen LogP contribution in [0.5, 0.6) is 0 Å². The molecular weight excluding hydrogens is 295 g/mol. The van der Waals surface area contributed by atoms with Crippen LogP contribution in [0.15, 0.2) is 0 Å². The first-order valence-corrected chi connectivity index (χ1v) is 7.42. The maximum Gasteiger partial charge on any atom is 0.408 e. The molecule has 2 atom stereocenters. The molecule has 0 aliphatic carbocycles. The first-order chi connectivity index (χ1) is 9.29. The van der Waals surface area contributed by atoms with Gasteiger partial charge in [-0.25, -0.2) is 0 Å². The number of halogens is 3. The van der Waals surface area contributed by atoms with Crippen LogP contribution in [0.2, 0.25) is 0 Å². The fourth-order valence-electron chi connectivity index (χ4n) is 2.41. The molecule has 2 heterocycles. The maximum atomic E-state index is 12.9. The summed E-state index contributed by atoms with van der Waals surface area (Å²) in [5.74, 6) is -0.275. The molecular formula is C11H16F3N3O2S. The lowest BCUT2D eigenvalue weighted by Crippen LogP contribution is -2.58. The molecule has 0 spiro atoms. The Balaban J connectivity index is 2.05. The molecule has 2 fully saturated rings. The topological polar surface area (TPSA) is 66.6 Å². The summed E-state index contributed by atoms with van der Waals surface area (Å²) in [4.78, 5) is 25.6. The van der Waals surface area contributed by atoms with Gasteiger partial charge in [0.25, 0.3) is 0 Å². The van der Waals surface area contributed by atoms with E-state index in [0.717, 1.165) is 4.90 Å². The van der Waals surface area contributed by atoms with Crippen molar-refractivity contribution in [3.05, 3.63) is 0 Å². The summed E-state index contributed by atoms with van der Waals surface area (Å²) in [6.07, 6.45) is -4.40. The molecule has 2 aliphatic heterocycles. The van der Waals surface area contributed by atoms with Crippen molar-refractivity contribution in [3.63, 3.8) is 0 Å². The van der Waals surface area contributed by atoms with Crippen LogP contribution < -0.4 is 5.73 Å². The number of nitrogens with two attached hydrogens (primary N) is 1. The molecule has 114 valence electrons. The number of likely N-dealkylation sites (tertiary alicyclic amines) is 1. The largest absolute Gasteiger partial charge is 0.408 e. The highest BCUT2D eigenvalue weighted by Gasteiger charge is 2.47. The highest BCUT2D eigenvalue weighted by Crippen LogP contribution is 2.31. The van der Waals surface area contributed by atoms with Crippen LogP contribution in [0.3, 0.4) is 0 Å². The van der Waals surface area contributed by atoms with Gasteiger partial charge in [-0.05, 0) is 12.8 Å². The van der Waals surface area contributed by atoms with E-state index in [0.29, 0.717) is 5.88 Å². The van der Waals surface area contributed by atoms with E-state index in [1.165, 1.54) is 16.7 Å². The van der Waals surface area contributed by atoms with E-state index in [9.17, 15) is 22.8 Å². The van der Waals surface area contributed by atoms with Gasteiger partial charge < -0.3 is 15.5 Å². The monoisotopic (exact) mass is 311 g/mol. The average Bonchev–Trinajstić information content (AvgIpc) is 2.73. The summed E-state index contributed by atoms with van der Waals surface area (Å²) in [5.41, 5.74) is 5.66. The van der Waals surface area contributed by atoms with Crippen molar-refractivity contribution in [2.45, 2.75) is 31.1 Å². The average molecular weight is 311 g/mol. The van der Waals surface area contributed by atoms with Crippen molar-refractivity contribution in [3.8, 4) is 0 Å². The third-order valence-electron chi connectivity index (χ3n) is 3.47. The molecule has 0 aromatic heterocycles. The van der Waals surface area contributed by atoms with E-state index >= 15 is 0 Å². The molecule has 2 saturated heterocycles. The summed E-state index contributed by atoms with van der Waals surface area (Å²) in [5, 5.41) is 0. The van der Waals surface area contributed by atoms with Crippen molar-refractivity contribution in [1.82, 2.24) is 9.80 Å². The van der Waals surface area contributed by atoms with Crippen molar-refractivity contribution in [2.75, 3.05) is 24.7 Å². The Morgan fingerprint density at radius 3 is 2.65 bits per heavy atom. The molecule has 9 heteroatoms. The Bertz CT molecular complexity index is 405. The molecule has 0 aromatic rings. The number of carbonyl (C=O) groups excluding carboxylic acids is 2. The number of thioether (sulfide) groups is 1. The van der Waals surface area contributed by atoms with Crippen LogP contribution in [0, 0.1) is 0 Å². The first-order valence-electron chi connectivity index (χ1n) is 6.26. The number of hydrogen-bond acceptors (Lipinski definition) is 4.